The monoisotopic (exact) mass is 491 g/mol. The lowest BCUT2D eigenvalue weighted by Crippen LogP contribution is -2.24. The smallest absolute Gasteiger partial charge is 0.343 e. The molecule has 2 rings (SSSR count). The van der Waals surface area contributed by atoms with E-state index in [4.69, 9.17) is 9.47 Å². The summed E-state index contributed by atoms with van der Waals surface area (Å²) in [6.45, 7) is 9.47. The molecule has 0 N–H and O–H groups in total. The first kappa shape index (κ1) is 28.6. The molecule has 36 heavy (non-hydrogen) atoms. The van der Waals surface area contributed by atoms with Crippen LogP contribution in [-0.4, -0.2) is 37.0 Å². The van der Waals surface area contributed by atoms with Crippen LogP contribution in [0.4, 0.5) is 5.69 Å². The number of allylic oxidation sites excluding steroid dienone is 2. The zero-order chi connectivity index (χ0) is 26.7. The van der Waals surface area contributed by atoms with Crippen molar-refractivity contribution < 1.29 is 23.9 Å². The molecule has 0 aliphatic rings. The summed E-state index contributed by atoms with van der Waals surface area (Å²) in [6, 6.07) is 14.8. The Morgan fingerprint density at radius 1 is 0.972 bits per heavy atom. The largest absolute Gasteiger partial charge is 0.462 e. The van der Waals surface area contributed by atoms with Crippen molar-refractivity contribution in [1.29, 1.82) is 0 Å². The molecule has 0 aromatic heterocycles. The normalized spacial score (nSPS) is 11.9. The number of carbonyl (C=O) groups is 3. The van der Waals surface area contributed by atoms with Gasteiger partial charge in [-0.3, -0.25) is 4.79 Å². The van der Waals surface area contributed by atoms with Gasteiger partial charge in [0.1, 0.15) is 11.2 Å². The average Bonchev–Trinajstić information content (AvgIpc) is 2.84. The minimum absolute atomic E-state index is 0.0357. The van der Waals surface area contributed by atoms with Gasteiger partial charge in [0.25, 0.3) is 0 Å². The van der Waals surface area contributed by atoms with Gasteiger partial charge in [0.15, 0.2) is 5.78 Å². The van der Waals surface area contributed by atoms with E-state index in [9.17, 15) is 14.4 Å². The van der Waals surface area contributed by atoms with E-state index in [1.165, 1.54) is 12.3 Å². The van der Waals surface area contributed by atoms with E-state index in [0.717, 1.165) is 36.1 Å². The Labute approximate surface area is 214 Å². The minimum atomic E-state index is -0.655. The summed E-state index contributed by atoms with van der Waals surface area (Å²) in [4.78, 5) is 39.6. The van der Waals surface area contributed by atoms with E-state index < -0.39 is 11.6 Å². The van der Waals surface area contributed by atoms with Crippen LogP contribution < -0.4 is 4.90 Å². The topological polar surface area (TPSA) is 72.9 Å². The van der Waals surface area contributed by atoms with E-state index in [0.29, 0.717) is 5.56 Å². The molecular formula is C30H37NO5. The van der Waals surface area contributed by atoms with Crippen molar-refractivity contribution in [3.63, 3.8) is 0 Å². The Hall–Kier alpha value is -3.67. The van der Waals surface area contributed by atoms with Gasteiger partial charge in [-0.15, -0.1) is 0 Å². The van der Waals surface area contributed by atoms with Crippen molar-refractivity contribution in [2.45, 2.75) is 59.5 Å². The molecule has 0 atom stereocenters. The molecule has 0 spiro atoms. The van der Waals surface area contributed by atoms with Crippen molar-refractivity contribution in [3.8, 4) is 11.1 Å². The predicted molar refractivity (Wildman–Crippen MR) is 144 cm³/mol. The summed E-state index contributed by atoms with van der Waals surface area (Å²) >= 11 is 0. The van der Waals surface area contributed by atoms with Gasteiger partial charge in [-0.25, -0.2) is 9.59 Å². The lowest BCUT2D eigenvalue weighted by molar-refractivity contribution is -0.139. The number of unbranched alkanes of at least 4 members (excludes halogenated alkanes) is 2. The number of ether oxygens (including phenoxy) is 2. The number of rotatable bonds is 11. The standard InChI is InChI=1S/C30H37NO5/c1-7-9-10-11-16-27(32)26(28(33)35-8-2)21-31(6)23-19-17-22(18-20-23)24-14-12-13-15-25(24)29(34)36-30(3,4)5/h11-21H,7-10H2,1-6H3. The van der Waals surface area contributed by atoms with Gasteiger partial charge in [-0.1, -0.05) is 56.2 Å². The lowest BCUT2D eigenvalue weighted by atomic mass is 9.99. The molecule has 0 heterocycles. The van der Waals surface area contributed by atoms with Gasteiger partial charge in [-0.2, -0.15) is 0 Å². The number of benzene rings is 2. The van der Waals surface area contributed by atoms with E-state index in [2.05, 4.69) is 6.92 Å². The Morgan fingerprint density at radius 2 is 1.64 bits per heavy atom. The molecule has 192 valence electrons. The first-order chi connectivity index (χ1) is 17.1. The molecule has 0 fully saturated rings. The molecule has 0 bridgehead atoms. The third-order valence-electron chi connectivity index (χ3n) is 5.21. The summed E-state index contributed by atoms with van der Waals surface area (Å²) in [5.74, 6) is -1.43. The van der Waals surface area contributed by atoms with Gasteiger partial charge in [0, 0.05) is 18.9 Å². The summed E-state index contributed by atoms with van der Waals surface area (Å²) in [6.07, 6.45) is 7.50. The van der Waals surface area contributed by atoms with E-state index >= 15 is 0 Å². The molecule has 0 unspecified atom stereocenters. The molecule has 6 nitrogen and oxygen atoms in total. The van der Waals surface area contributed by atoms with Crippen LogP contribution in [0, 0.1) is 0 Å². The van der Waals surface area contributed by atoms with Crippen molar-refractivity contribution in [2.75, 3.05) is 18.6 Å². The first-order valence-electron chi connectivity index (χ1n) is 12.3. The average molecular weight is 492 g/mol. The zero-order valence-electron chi connectivity index (χ0n) is 22.2. The number of hydrogen-bond acceptors (Lipinski definition) is 6. The maximum atomic E-state index is 12.7. The van der Waals surface area contributed by atoms with Gasteiger partial charge in [-0.05, 0) is 69.5 Å². The summed E-state index contributed by atoms with van der Waals surface area (Å²) in [7, 11) is 1.76. The molecule has 2 aromatic rings. The molecule has 6 heteroatoms. The second-order valence-corrected chi connectivity index (χ2v) is 9.38. The van der Waals surface area contributed by atoms with Crippen LogP contribution >= 0.6 is 0 Å². The first-order valence-corrected chi connectivity index (χ1v) is 12.3. The van der Waals surface area contributed by atoms with Crippen LogP contribution in [0.5, 0.6) is 0 Å². The van der Waals surface area contributed by atoms with Crippen molar-refractivity contribution >= 4 is 23.4 Å². The number of anilines is 1. The molecule has 0 saturated heterocycles. The van der Waals surface area contributed by atoms with Crippen molar-refractivity contribution in [1.82, 2.24) is 0 Å². The molecule has 0 aliphatic carbocycles. The summed E-state index contributed by atoms with van der Waals surface area (Å²) in [5, 5.41) is 0. The SMILES string of the molecule is CCCCC=CC(=O)C(=CN(C)c1ccc(-c2ccccc2C(=O)OC(C)(C)C)cc1)C(=O)OCC. The second-order valence-electron chi connectivity index (χ2n) is 9.38. The highest BCUT2D eigenvalue weighted by Crippen LogP contribution is 2.28. The summed E-state index contributed by atoms with van der Waals surface area (Å²) < 4.78 is 10.7. The Morgan fingerprint density at radius 3 is 2.25 bits per heavy atom. The number of ketones is 1. The van der Waals surface area contributed by atoms with Gasteiger partial charge in [0.05, 0.1) is 12.2 Å². The third kappa shape index (κ3) is 8.52. The number of hydrogen-bond donors (Lipinski definition) is 0. The highest BCUT2D eigenvalue weighted by molar-refractivity contribution is 6.21. The van der Waals surface area contributed by atoms with Crippen LogP contribution in [0.1, 0.15) is 64.2 Å². The van der Waals surface area contributed by atoms with Gasteiger partial charge in [0.2, 0.25) is 0 Å². The van der Waals surface area contributed by atoms with E-state index in [1.807, 2.05) is 57.2 Å². The Kier molecular flexibility index (Phi) is 10.7. The van der Waals surface area contributed by atoms with Crippen LogP contribution in [0.25, 0.3) is 11.1 Å². The van der Waals surface area contributed by atoms with E-state index in [1.54, 1.807) is 37.1 Å². The number of esters is 2. The van der Waals surface area contributed by atoms with Crippen molar-refractivity contribution in [2.24, 2.45) is 0 Å². The fourth-order valence-corrected chi connectivity index (χ4v) is 3.42. The fraction of sp³-hybridized carbons (Fsp3) is 0.367. The van der Waals surface area contributed by atoms with E-state index in [-0.39, 0.29) is 23.9 Å². The third-order valence-corrected chi connectivity index (χ3v) is 5.21. The molecule has 0 amide bonds. The molecule has 0 saturated carbocycles. The Balaban J connectivity index is 2.31. The zero-order valence-corrected chi connectivity index (χ0v) is 22.2. The molecule has 0 aliphatic heterocycles. The molecule has 2 aromatic carbocycles. The highest BCUT2D eigenvalue weighted by atomic mass is 16.6. The molecule has 0 radical (unpaired) electrons. The van der Waals surface area contributed by atoms with Crippen LogP contribution in [0.15, 0.2) is 72.5 Å². The quantitative estimate of drug-likeness (QED) is 0.117. The number of nitrogens with zero attached hydrogens (tertiary/aromatic N) is 1. The lowest BCUT2D eigenvalue weighted by Gasteiger charge is -2.21. The summed E-state index contributed by atoms with van der Waals surface area (Å²) in [5.41, 5.74) is 2.22. The Bertz CT molecular complexity index is 1110. The molecular weight excluding hydrogens is 454 g/mol. The maximum Gasteiger partial charge on any atom is 0.343 e. The minimum Gasteiger partial charge on any atom is -0.462 e. The van der Waals surface area contributed by atoms with Crippen LogP contribution in [0.3, 0.4) is 0 Å². The van der Waals surface area contributed by atoms with Crippen molar-refractivity contribution in [3.05, 3.63) is 78.0 Å². The fourth-order valence-electron chi connectivity index (χ4n) is 3.42. The van der Waals surface area contributed by atoms with Crippen LogP contribution in [0.2, 0.25) is 0 Å². The van der Waals surface area contributed by atoms with Crippen LogP contribution in [-0.2, 0) is 19.1 Å². The second kappa shape index (κ2) is 13.4. The highest BCUT2D eigenvalue weighted by Gasteiger charge is 2.21. The van der Waals surface area contributed by atoms with Gasteiger partial charge < -0.3 is 14.4 Å². The van der Waals surface area contributed by atoms with Gasteiger partial charge >= 0.3 is 11.9 Å². The predicted octanol–water partition coefficient (Wildman–Crippen LogP) is 6.51. The number of carbonyl (C=O) groups excluding carboxylic acids is 3. The maximum absolute atomic E-state index is 12.7.